The molecule has 0 spiro atoms. The topological polar surface area (TPSA) is 52.3 Å². The molecule has 1 aliphatic rings. The third-order valence-corrected chi connectivity index (χ3v) is 3.86. The van der Waals surface area contributed by atoms with Gasteiger partial charge in [0.25, 0.3) is 0 Å². The van der Waals surface area contributed by atoms with Crippen LogP contribution in [0.5, 0.6) is 0 Å². The van der Waals surface area contributed by atoms with Crippen LogP contribution in [0.3, 0.4) is 0 Å². The van der Waals surface area contributed by atoms with Crippen molar-refractivity contribution in [1.82, 2.24) is 0 Å². The van der Waals surface area contributed by atoms with Gasteiger partial charge in [0.1, 0.15) is 11.7 Å². The van der Waals surface area contributed by atoms with E-state index in [0.717, 1.165) is 19.3 Å². The molecule has 1 aromatic carbocycles. The smallest absolute Gasteiger partial charge is 0.342 e. The molecule has 98 valence electrons. The lowest BCUT2D eigenvalue weighted by molar-refractivity contribution is 0.00495. The molecule has 1 aliphatic carbocycles. The predicted octanol–water partition coefficient (Wildman–Crippen LogP) is 3.66. The first-order valence-electron chi connectivity index (χ1n) is 6.34. The minimum absolute atomic E-state index is 0.0121. The van der Waals surface area contributed by atoms with Crippen molar-refractivity contribution < 1.29 is 9.53 Å². The molecule has 1 fully saturated rings. The Bertz CT molecular complexity index is 427. The number of benzene rings is 1. The van der Waals surface area contributed by atoms with Crippen LogP contribution >= 0.6 is 11.6 Å². The van der Waals surface area contributed by atoms with Crippen molar-refractivity contribution >= 4 is 23.3 Å². The standard InChI is InChI=1S/C14H18ClNO2/c1-9-5-2-3-8-12(9)18-14(17)13-10(15)6-4-7-11(13)16/h4,6-7,9,12H,2-3,5,8,16H2,1H3. The molecule has 0 amide bonds. The Labute approximate surface area is 112 Å². The molecule has 2 unspecified atom stereocenters. The molecule has 1 saturated carbocycles. The maximum absolute atomic E-state index is 12.1. The molecule has 2 atom stereocenters. The summed E-state index contributed by atoms with van der Waals surface area (Å²) in [5.41, 5.74) is 6.44. The Morgan fingerprint density at radius 1 is 1.39 bits per heavy atom. The molecule has 3 nitrogen and oxygen atoms in total. The molecule has 4 heteroatoms. The average molecular weight is 268 g/mol. The number of hydrogen-bond donors (Lipinski definition) is 1. The molecule has 18 heavy (non-hydrogen) atoms. The number of esters is 1. The molecule has 0 aliphatic heterocycles. The van der Waals surface area contributed by atoms with Crippen LogP contribution in [0.25, 0.3) is 0 Å². The van der Waals surface area contributed by atoms with Gasteiger partial charge in [-0.15, -0.1) is 0 Å². The van der Waals surface area contributed by atoms with E-state index in [9.17, 15) is 4.79 Å². The summed E-state index contributed by atoms with van der Waals surface area (Å²) >= 11 is 6.00. The number of carbonyl (C=O) groups is 1. The van der Waals surface area contributed by atoms with E-state index in [4.69, 9.17) is 22.1 Å². The van der Waals surface area contributed by atoms with Crippen LogP contribution in [0.15, 0.2) is 18.2 Å². The van der Waals surface area contributed by atoms with E-state index < -0.39 is 5.97 Å². The second-order valence-electron chi connectivity index (χ2n) is 4.91. The van der Waals surface area contributed by atoms with Gasteiger partial charge < -0.3 is 10.5 Å². The Morgan fingerprint density at radius 2 is 2.11 bits per heavy atom. The second kappa shape index (κ2) is 5.61. The van der Waals surface area contributed by atoms with E-state index in [2.05, 4.69) is 6.92 Å². The second-order valence-corrected chi connectivity index (χ2v) is 5.32. The van der Waals surface area contributed by atoms with Crippen molar-refractivity contribution in [3.63, 3.8) is 0 Å². The Kier molecular flexibility index (Phi) is 4.12. The van der Waals surface area contributed by atoms with Crippen molar-refractivity contribution in [2.45, 2.75) is 38.7 Å². The largest absolute Gasteiger partial charge is 0.458 e. The predicted molar refractivity (Wildman–Crippen MR) is 72.7 cm³/mol. The highest BCUT2D eigenvalue weighted by molar-refractivity contribution is 6.34. The Hall–Kier alpha value is -1.22. The molecule has 0 radical (unpaired) electrons. The molecular formula is C14H18ClNO2. The zero-order valence-electron chi connectivity index (χ0n) is 10.5. The molecule has 0 heterocycles. The number of nitrogen functional groups attached to an aromatic ring is 1. The highest BCUT2D eigenvalue weighted by atomic mass is 35.5. The monoisotopic (exact) mass is 267 g/mol. The van der Waals surface area contributed by atoms with Crippen LogP contribution in [-0.4, -0.2) is 12.1 Å². The lowest BCUT2D eigenvalue weighted by Crippen LogP contribution is -2.28. The van der Waals surface area contributed by atoms with Gasteiger partial charge in [-0.2, -0.15) is 0 Å². The quantitative estimate of drug-likeness (QED) is 0.657. The number of nitrogens with two attached hydrogens (primary N) is 1. The summed E-state index contributed by atoms with van der Waals surface area (Å²) in [6, 6.07) is 5.03. The summed E-state index contributed by atoms with van der Waals surface area (Å²) in [6.07, 6.45) is 4.35. The summed E-state index contributed by atoms with van der Waals surface area (Å²) in [7, 11) is 0. The Morgan fingerprint density at radius 3 is 2.78 bits per heavy atom. The van der Waals surface area contributed by atoms with Gasteiger partial charge in [0, 0.05) is 5.69 Å². The molecule has 2 rings (SSSR count). The number of carbonyl (C=O) groups excluding carboxylic acids is 1. The van der Waals surface area contributed by atoms with Crippen LogP contribution in [0.4, 0.5) is 5.69 Å². The fourth-order valence-electron chi connectivity index (χ4n) is 2.41. The highest BCUT2D eigenvalue weighted by Crippen LogP contribution is 2.29. The van der Waals surface area contributed by atoms with Gasteiger partial charge >= 0.3 is 5.97 Å². The normalized spacial score (nSPS) is 23.7. The maximum Gasteiger partial charge on any atom is 0.342 e. The van der Waals surface area contributed by atoms with Gasteiger partial charge in [-0.05, 0) is 37.3 Å². The number of ether oxygens (including phenoxy) is 1. The van der Waals surface area contributed by atoms with Crippen molar-refractivity contribution in [1.29, 1.82) is 0 Å². The molecule has 0 bridgehead atoms. The summed E-state index contributed by atoms with van der Waals surface area (Å²) in [4.78, 5) is 12.1. The van der Waals surface area contributed by atoms with Gasteiger partial charge in [-0.25, -0.2) is 4.79 Å². The van der Waals surface area contributed by atoms with E-state index in [1.807, 2.05) is 0 Å². The fraction of sp³-hybridized carbons (Fsp3) is 0.500. The first kappa shape index (κ1) is 13.2. The maximum atomic E-state index is 12.1. The van der Waals surface area contributed by atoms with Gasteiger partial charge in [0.05, 0.1) is 5.02 Å². The lowest BCUT2D eigenvalue weighted by Gasteiger charge is -2.28. The van der Waals surface area contributed by atoms with Crippen LogP contribution < -0.4 is 5.73 Å². The third kappa shape index (κ3) is 2.78. The van der Waals surface area contributed by atoms with Crippen LogP contribution in [0.1, 0.15) is 43.0 Å². The van der Waals surface area contributed by atoms with Crippen molar-refractivity contribution in [3.05, 3.63) is 28.8 Å². The van der Waals surface area contributed by atoms with Gasteiger partial charge in [-0.1, -0.05) is 31.0 Å². The van der Waals surface area contributed by atoms with Crippen molar-refractivity contribution in [2.24, 2.45) is 5.92 Å². The summed E-state index contributed by atoms with van der Waals surface area (Å²) in [5.74, 6) is 0.00302. The average Bonchev–Trinajstić information content (AvgIpc) is 2.32. The SMILES string of the molecule is CC1CCCCC1OC(=O)c1c(N)cccc1Cl. The third-order valence-electron chi connectivity index (χ3n) is 3.54. The first-order valence-corrected chi connectivity index (χ1v) is 6.72. The van der Waals surface area contributed by atoms with Crippen molar-refractivity contribution in [3.8, 4) is 0 Å². The zero-order valence-corrected chi connectivity index (χ0v) is 11.2. The molecule has 0 aromatic heterocycles. The van der Waals surface area contributed by atoms with E-state index >= 15 is 0 Å². The number of halogens is 1. The van der Waals surface area contributed by atoms with Gasteiger partial charge in [0.15, 0.2) is 0 Å². The summed E-state index contributed by atoms with van der Waals surface area (Å²) in [5, 5.41) is 0.350. The molecule has 1 aromatic rings. The first-order chi connectivity index (χ1) is 8.59. The summed E-state index contributed by atoms with van der Waals surface area (Å²) in [6.45, 7) is 2.12. The number of hydrogen-bond acceptors (Lipinski definition) is 3. The fourth-order valence-corrected chi connectivity index (χ4v) is 2.67. The Balaban J connectivity index is 2.12. The van der Waals surface area contributed by atoms with Crippen LogP contribution in [0.2, 0.25) is 5.02 Å². The minimum atomic E-state index is -0.406. The lowest BCUT2D eigenvalue weighted by atomic mass is 9.88. The molecular weight excluding hydrogens is 250 g/mol. The van der Waals surface area contributed by atoms with E-state index in [0.29, 0.717) is 16.6 Å². The summed E-state index contributed by atoms with van der Waals surface area (Å²) < 4.78 is 5.55. The zero-order chi connectivity index (χ0) is 13.1. The van der Waals surface area contributed by atoms with Crippen molar-refractivity contribution in [2.75, 3.05) is 5.73 Å². The van der Waals surface area contributed by atoms with E-state index in [-0.39, 0.29) is 11.7 Å². The highest BCUT2D eigenvalue weighted by Gasteiger charge is 2.26. The van der Waals surface area contributed by atoms with Crippen LogP contribution in [-0.2, 0) is 4.74 Å². The van der Waals surface area contributed by atoms with E-state index in [1.54, 1.807) is 18.2 Å². The number of anilines is 1. The van der Waals surface area contributed by atoms with E-state index in [1.165, 1.54) is 6.42 Å². The minimum Gasteiger partial charge on any atom is -0.458 e. The molecule has 2 N–H and O–H groups in total. The van der Waals surface area contributed by atoms with Gasteiger partial charge in [-0.3, -0.25) is 0 Å². The van der Waals surface area contributed by atoms with Gasteiger partial charge in [0.2, 0.25) is 0 Å². The number of rotatable bonds is 2. The molecule has 0 saturated heterocycles. The van der Waals surface area contributed by atoms with Crippen LogP contribution in [0, 0.1) is 5.92 Å².